The number of carbonyl (C=O) groups excluding carboxylic acids is 1. The summed E-state index contributed by atoms with van der Waals surface area (Å²) in [6.07, 6.45) is 3.50. The maximum atomic E-state index is 12.8. The molecule has 2 atom stereocenters. The molecule has 3 aromatic rings. The first kappa shape index (κ1) is 19.4. The molecular formula is C24H23N3O4. The van der Waals surface area contributed by atoms with E-state index in [-0.39, 0.29) is 23.8 Å². The summed E-state index contributed by atoms with van der Waals surface area (Å²) in [5, 5.41) is 14.6. The average molecular weight is 417 g/mol. The second-order valence-electron chi connectivity index (χ2n) is 8.18. The van der Waals surface area contributed by atoms with E-state index in [9.17, 15) is 14.7 Å². The van der Waals surface area contributed by atoms with Crippen molar-refractivity contribution >= 4 is 5.91 Å². The van der Waals surface area contributed by atoms with E-state index < -0.39 is 17.1 Å². The Morgan fingerprint density at radius 2 is 1.81 bits per heavy atom. The third-order valence-electron chi connectivity index (χ3n) is 5.90. The first-order valence-electron chi connectivity index (χ1n) is 10.4. The maximum Gasteiger partial charge on any atom is 0.275 e. The Morgan fingerprint density at radius 1 is 1.06 bits per heavy atom. The lowest BCUT2D eigenvalue weighted by Gasteiger charge is -2.37. The highest BCUT2D eigenvalue weighted by Crippen LogP contribution is 2.40. The van der Waals surface area contributed by atoms with Crippen molar-refractivity contribution in [1.82, 2.24) is 14.7 Å². The molecule has 2 heterocycles. The zero-order chi connectivity index (χ0) is 21.5. The third-order valence-corrected chi connectivity index (χ3v) is 5.90. The Morgan fingerprint density at radius 3 is 2.55 bits per heavy atom. The van der Waals surface area contributed by atoms with Gasteiger partial charge in [0.25, 0.3) is 5.91 Å². The number of fused-ring (bicyclic) bond motifs is 1. The lowest BCUT2D eigenvalue weighted by atomic mass is 9.83. The Hall–Kier alpha value is -3.61. The van der Waals surface area contributed by atoms with Crippen molar-refractivity contribution < 1.29 is 14.6 Å². The van der Waals surface area contributed by atoms with Gasteiger partial charge < -0.3 is 14.7 Å². The number of benzene rings is 2. The minimum absolute atomic E-state index is 0.0717. The van der Waals surface area contributed by atoms with Crippen LogP contribution in [0.2, 0.25) is 0 Å². The second-order valence-corrected chi connectivity index (χ2v) is 8.18. The highest BCUT2D eigenvalue weighted by Gasteiger charge is 2.38. The number of rotatable bonds is 5. The fourth-order valence-electron chi connectivity index (χ4n) is 4.23. The normalized spacial score (nSPS) is 19.1. The van der Waals surface area contributed by atoms with Crippen LogP contribution in [0, 0.1) is 0 Å². The van der Waals surface area contributed by atoms with E-state index >= 15 is 0 Å². The summed E-state index contributed by atoms with van der Waals surface area (Å²) in [5.41, 5.74) is 1.33. The lowest BCUT2D eigenvalue weighted by Crippen LogP contribution is -2.45. The summed E-state index contributed by atoms with van der Waals surface area (Å²) < 4.78 is 7.52. The molecule has 1 fully saturated rings. The molecule has 158 valence electrons. The Labute approximate surface area is 179 Å². The van der Waals surface area contributed by atoms with Crippen molar-refractivity contribution in [3.63, 3.8) is 0 Å². The van der Waals surface area contributed by atoms with Crippen LogP contribution in [0.3, 0.4) is 0 Å². The zero-order valence-electron chi connectivity index (χ0n) is 17.1. The van der Waals surface area contributed by atoms with E-state index in [0.717, 1.165) is 35.9 Å². The number of ether oxygens (including phenoxy) is 1. The van der Waals surface area contributed by atoms with Crippen molar-refractivity contribution in [2.45, 2.75) is 30.9 Å². The molecule has 0 saturated heterocycles. The molecule has 1 N–H and O–H groups in total. The molecule has 7 nitrogen and oxygen atoms in total. The highest BCUT2D eigenvalue weighted by molar-refractivity contribution is 5.95. The van der Waals surface area contributed by atoms with Gasteiger partial charge >= 0.3 is 0 Å². The van der Waals surface area contributed by atoms with Crippen LogP contribution in [0.4, 0.5) is 0 Å². The minimum Gasteiger partial charge on any atom is -0.502 e. The monoisotopic (exact) mass is 417 g/mol. The topological polar surface area (TPSA) is 84.7 Å². The van der Waals surface area contributed by atoms with Gasteiger partial charge in [-0.25, -0.2) is 0 Å². The van der Waals surface area contributed by atoms with Gasteiger partial charge in [-0.1, -0.05) is 42.5 Å². The minimum atomic E-state index is -0.662. The van der Waals surface area contributed by atoms with Crippen LogP contribution < -0.4 is 10.2 Å². The van der Waals surface area contributed by atoms with Crippen molar-refractivity contribution in [3.8, 4) is 11.5 Å². The van der Waals surface area contributed by atoms with E-state index in [2.05, 4.69) is 5.10 Å². The summed E-state index contributed by atoms with van der Waals surface area (Å²) in [6, 6.07) is 17.7. The predicted molar refractivity (Wildman–Crippen MR) is 115 cm³/mol. The predicted octanol–water partition coefficient (Wildman–Crippen LogP) is 2.95. The molecule has 0 bridgehead atoms. The van der Waals surface area contributed by atoms with Crippen molar-refractivity contribution in [3.05, 3.63) is 87.8 Å². The van der Waals surface area contributed by atoms with Crippen LogP contribution in [-0.4, -0.2) is 45.4 Å². The van der Waals surface area contributed by atoms with Crippen LogP contribution in [0.5, 0.6) is 11.5 Å². The van der Waals surface area contributed by atoms with E-state index in [4.69, 9.17) is 4.74 Å². The van der Waals surface area contributed by atoms with E-state index in [0.29, 0.717) is 6.54 Å². The van der Waals surface area contributed by atoms with Crippen molar-refractivity contribution in [2.24, 2.45) is 0 Å². The molecule has 5 rings (SSSR count). The molecule has 2 aromatic carbocycles. The smallest absolute Gasteiger partial charge is 0.275 e. The SMILES string of the molecule is CN1C[C@H]([C@H](c2ccccc2)c2cccc(OC3CC3)c2)n2ncc(=O)c(O)c2C1=O. The van der Waals surface area contributed by atoms with Crippen LogP contribution in [0.25, 0.3) is 0 Å². The summed E-state index contributed by atoms with van der Waals surface area (Å²) in [4.78, 5) is 26.3. The molecule has 1 amide bonds. The molecule has 1 aromatic heterocycles. The van der Waals surface area contributed by atoms with Crippen LogP contribution in [0.15, 0.2) is 65.6 Å². The second kappa shape index (κ2) is 7.58. The zero-order valence-corrected chi connectivity index (χ0v) is 17.1. The maximum absolute atomic E-state index is 12.8. The average Bonchev–Trinajstić information content (AvgIpc) is 3.59. The van der Waals surface area contributed by atoms with Gasteiger partial charge in [-0.3, -0.25) is 14.3 Å². The molecule has 2 aliphatic rings. The number of aromatic hydroxyl groups is 1. The van der Waals surface area contributed by atoms with Crippen molar-refractivity contribution in [1.29, 1.82) is 0 Å². The van der Waals surface area contributed by atoms with Gasteiger partial charge in [0.15, 0.2) is 11.4 Å². The fourth-order valence-corrected chi connectivity index (χ4v) is 4.23. The molecule has 1 saturated carbocycles. The summed E-state index contributed by atoms with van der Waals surface area (Å²) >= 11 is 0. The van der Waals surface area contributed by atoms with E-state index in [1.807, 2.05) is 54.6 Å². The molecule has 31 heavy (non-hydrogen) atoms. The van der Waals surface area contributed by atoms with Gasteiger partial charge in [-0.2, -0.15) is 5.10 Å². The number of aromatic nitrogens is 2. The molecule has 1 aliphatic heterocycles. The fraction of sp³-hybridized carbons (Fsp3) is 0.292. The molecule has 1 aliphatic carbocycles. The van der Waals surface area contributed by atoms with Gasteiger partial charge in [0, 0.05) is 19.5 Å². The molecule has 7 heteroatoms. The Balaban J connectivity index is 1.66. The number of amides is 1. The van der Waals surface area contributed by atoms with E-state index in [1.165, 1.54) is 9.58 Å². The standard InChI is InChI=1S/C24H23N3O4/c1-26-14-19(27-22(24(26)30)23(29)20(28)13-25-27)21(15-6-3-2-4-7-15)16-8-5-9-18(12-16)31-17-10-11-17/h2-9,12-13,17,19,21,29H,10-11,14H2,1H3/t19-,21-/m1/s1. The van der Waals surface area contributed by atoms with Crippen LogP contribution in [-0.2, 0) is 0 Å². The number of nitrogens with zero attached hydrogens (tertiary/aromatic N) is 3. The van der Waals surface area contributed by atoms with E-state index in [1.54, 1.807) is 7.05 Å². The molecule has 0 radical (unpaired) electrons. The number of hydrogen-bond acceptors (Lipinski definition) is 5. The number of hydrogen-bond donors (Lipinski definition) is 1. The highest BCUT2D eigenvalue weighted by atomic mass is 16.5. The summed E-state index contributed by atoms with van der Waals surface area (Å²) in [7, 11) is 1.67. The molecule has 0 unspecified atom stereocenters. The van der Waals surface area contributed by atoms with Crippen LogP contribution >= 0.6 is 0 Å². The quantitative estimate of drug-likeness (QED) is 0.690. The molecular weight excluding hydrogens is 394 g/mol. The Kier molecular flexibility index (Phi) is 4.73. The number of carbonyl (C=O) groups is 1. The van der Waals surface area contributed by atoms with Gasteiger partial charge in [0.05, 0.1) is 18.3 Å². The number of likely N-dealkylation sites (N-methyl/N-ethyl adjacent to an activating group) is 1. The Bertz CT molecular complexity index is 1190. The van der Waals surface area contributed by atoms with Crippen LogP contribution in [0.1, 0.15) is 46.4 Å². The van der Waals surface area contributed by atoms with Crippen molar-refractivity contribution in [2.75, 3.05) is 13.6 Å². The largest absolute Gasteiger partial charge is 0.502 e. The van der Waals surface area contributed by atoms with Gasteiger partial charge in [0.1, 0.15) is 5.75 Å². The third kappa shape index (κ3) is 3.56. The first-order valence-corrected chi connectivity index (χ1v) is 10.4. The molecule has 0 spiro atoms. The van der Waals surface area contributed by atoms with Gasteiger partial charge in [0.2, 0.25) is 5.43 Å². The summed E-state index contributed by atoms with van der Waals surface area (Å²) in [6.45, 7) is 0.383. The van der Waals surface area contributed by atoms with Gasteiger partial charge in [-0.05, 0) is 36.1 Å². The first-order chi connectivity index (χ1) is 15.0. The summed E-state index contributed by atoms with van der Waals surface area (Å²) in [5.74, 6) is -0.337. The van der Waals surface area contributed by atoms with Gasteiger partial charge in [-0.15, -0.1) is 0 Å². The lowest BCUT2D eigenvalue weighted by molar-refractivity contribution is 0.0686.